The second kappa shape index (κ2) is 6.99. The highest BCUT2D eigenvalue weighted by Crippen LogP contribution is 2.30. The van der Waals surface area contributed by atoms with Gasteiger partial charge in [0, 0.05) is 19.9 Å². The molecule has 23 heavy (non-hydrogen) atoms. The van der Waals surface area contributed by atoms with Crippen LogP contribution < -0.4 is 5.32 Å². The number of carbonyl (C=O) groups excluding carboxylic acids is 1. The van der Waals surface area contributed by atoms with Gasteiger partial charge in [0.15, 0.2) is 0 Å². The van der Waals surface area contributed by atoms with Gasteiger partial charge in [0.05, 0.1) is 17.9 Å². The average Bonchev–Trinajstić information content (AvgIpc) is 2.84. The van der Waals surface area contributed by atoms with Crippen molar-refractivity contribution in [2.24, 2.45) is 0 Å². The molecule has 0 unspecified atom stereocenters. The molecule has 0 aliphatic carbocycles. The Bertz CT molecular complexity index is 695. The van der Waals surface area contributed by atoms with Gasteiger partial charge >= 0.3 is 6.18 Å². The predicted octanol–water partition coefficient (Wildman–Crippen LogP) is 2.68. The minimum Gasteiger partial charge on any atom is -0.383 e. The van der Waals surface area contributed by atoms with E-state index < -0.39 is 17.6 Å². The fourth-order valence-electron chi connectivity index (χ4n) is 2.26. The van der Waals surface area contributed by atoms with E-state index in [1.807, 2.05) is 6.92 Å². The van der Waals surface area contributed by atoms with Crippen molar-refractivity contribution in [3.63, 3.8) is 0 Å². The highest BCUT2D eigenvalue weighted by atomic mass is 19.4. The van der Waals surface area contributed by atoms with Gasteiger partial charge < -0.3 is 10.1 Å². The Kier molecular flexibility index (Phi) is 5.25. The van der Waals surface area contributed by atoms with Crippen LogP contribution in [0.4, 0.5) is 13.2 Å². The minimum absolute atomic E-state index is 0.143. The van der Waals surface area contributed by atoms with E-state index in [9.17, 15) is 18.0 Å². The first kappa shape index (κ1) is 17.3. The molecule has 126 valence electrons. The van der Waals surface area contributed by atoms with Gasteiger partial charge in [-0.25, -0.2) is 4.98 Å². The average molecular weight is 329 g/mol. The van der Waals surface area contributed by atoms with Crippen LogP contribution in [-0.2, 0) is 17.3 Å². The van der Waals surface area contributed by atoms with Crippen LogP contribution in [0.3, 0.4) is 0 Å². The van der Waals surface area contributed by atoms with Gasteiger partial charge in [-0.05, 0) is 18.6 Å². The Morgan fingerprint density at radius 1 is 1.39 bits per heavy atom. The number of amides is 1. The first-order valence-electron chi connectivity index (χ1n) is 7.23. The van der Waals surface area contributed by atoms with Crippen molar-refractivity contribution in [3.05, 3.63) is 35.3 Å². The number of carbonyl (C=O) groups is 1. The number of halogens is 3. The molecule has 0 atom stereocenters. The monoisotopic (exact) mass is 329 g/mol. The number of fused-ring (bicyclic) bond motifs is 1. The van der Waals surface area contributed by atoms with E-state index in [2.05, 4.69) is 10.3 Å². The third-order valence-electron chi connectivity index (χ3n) is 3.31. The smallest absolute Gasteiger partial charge is 0.383 e. The summed E-state index contributed by atoms with van der Waals surface area (Å²) in [6.07, 6.45) is -2.33. The lowest BCUT2D eigenvalue weighted by molar-refractivity contribution is -0.137. The molecule has 5 nitrogen and oxygen atoms in total. The number of alkyl halides is 3. The third-order valence-corrected chi connectivity index (χ3v) is 3.31. The lowest BCUT2D eigenvalue weighted by Crippen LogP contribution is -2.29. The van der Waals surface area contributed by atoms with Crippen LogP contribution in [-0.4, -0.2) is 35.6 Å². The second-order valence-electron chi connectivity index (χ2n) is 5.05. The lowest BCUT2D eigenvalue weighted by Gasteiger charge is -2.09. The molecule has 2 rings (SSSR count). The summed E-state index contributed by atoms with van der Waals surface area (Å²) in [6.45, 7) is 2.50. The number of pyridine rings is 1. The molecule has 0 saturated carbocycles. The van der Waals surface area contributed by atoms with Crippen molar-refractivity contribution < 1.29 is 22.7 Å². The molecule has 2 heterocycles. The number of ether oxygens (including phenoxy) is 1. The van der Waals surface area contributed by atoms with Crippen LogP contribution in [0.15, 0.2) is 18.3 Å². The van der Waals surface area contributed by atoms with Crippen molar-refractivity contribution in [2.75, 3.05) is 20.3 Å². The van der Waals surface area contributed by atoms with E-state index in [0.29, 0.717) is 24.4 Å². The van der Waals surface area contributed by atoms with E-state index in [4.69, 9.17) is 4.74 Å². The minimum atomic E-state index is -4.48. The van der Waals surface area contributed by atoms with Crippen LogP contribution in [0.2, 0.25) is 0 Å². The quantitative estimate of drug-likeness (QED) is 0.829. The maximum atomic E-state index is 12.9. The Morgan fingerprint density at radius 2 is 2.13 bits per heavy atom. The molecular weight excluding hydrogens is 311 g/mol. The first-order chi connectivity index (χ1) is 10.9. The Labute approximate surface area is 131 Å². The second-order valence-corrected chi connectivity index (χ2v) is 5.05. The number of rotatable bonds is 6. The van der Waals surface area contributed by atoms with E-state index in [1.165, 1.54) is 17.6 Å². The molecule has 1 amide bonds. The molecule has 0 bridgehead atoms. The van der Waals surface area contributed by atoms with E-state index in [1.54, 1.807) is 0 Å². The van der Waals surface area contributed by atoms with Gasteiger partial charge in [-0.2, -0.15) is 13.2 Å². The van der Waals surface area contributed by atoms with Crippen molar-refractivity contribution in [1.82, 2.24) is 14.7 Å². The highest BCUT2D eigenvalue weighted by molar-refractivity contribution is 5.94. The molecule has 0 radical (unpaired) electrons. The van der Waals surface area contributed by atoms with Gasteiger partial charge in [-0.3, -0.25) is 9.20 Å². The third kappa shape index (κ3) is 3.82. The Balaban J connectivity index is 2.48. The summed E-state index contributed by atoms with van der Waals surface area (Å²) in [4.78, 5) is 16.6. The maximum absolute atomic E-state index is 12.9. The molecule has 0 aliphatic rings. The largest absolute Gasteiger partial charge is 0.417 e. The normalized spacial score (nSPS) is 11.9. The summed E-state index contributed by atoms with van der Waals surface area (Å²) in [7, 11) is 1.50. The molecule has 1 N–H and O–H groups in total. The van der Waals surface area contributed by atoms with Crippen LogP contribution in [0.1, 0.15) is 35.1 Å². The van der Waals surface area contributed by atoms with Crippen molar-refractivity contribution in [1.29, 1.82) is 0 Å². The summed E-state index contributed by atoms with van der Waals surface area (Å²) in [5, 5.41) is 2.63. The molecule has 0 aromatic carbocycles. The summed E-state index contributed by atoms with van der Waals surface area (Å²) in [6, 6.07) is 2.23. The lowest BCUT2D eigenvalue weighted by atomic mass is 10.2. The van der Waals surface area contributed by atoms with E-state index >= 15 is 0 Å². The number of imidazole rings is 1. The Morgan fingerprint density at radius 3 is 2.74 bits per heavy atom. The zero-order valence-electron chi connectivity index (χ0n) is 12.9. The molecule has 0 spiro atoms. The summed E-state index contributed by atoms with van der Waals surface area (Å²) in [5.74, 6) is -0.461. The zero-order valence-corrected chi connectivity index (χ0v) is 12.9. The van der Waals surface area contributed by atoms with Crippen LogP contribution in [0.25, 0.3) is 5.65 Å². The van der Waals surface area contributed by atoms with E-state index in [0.717, 1.165) is 18.7 Å². The summed E-state index contributed by atoms with van der Waals surface area (Å²) in [5.41, 5.74) is 0.125. The topological polar surface area (TPSA) is 55.6 Å². The van der Waals surface area contributed by atoms with Gasteiger partial charge in [0.25, 0.3) is 5.91 Å². The van der Waals surface area contributed by atoms with Crippen molar-refractivity contribution in [2.45, 2.75) is 25.9 Å². The van der Waals surface area contributed by atoms with Gasteiger partial charge in [-0.1, -0.05) is 13.3 Å². The SMILES string of the molecule is CCCc1nc2ccc(C(F)(F)F)cn2c1C(=O)NCCOC. The van der Waals surface area contributed by atoms with Gasteiger partial charge in [-0.15, -0.1) is 0 Å². The number of nitrogens with one attached hydrogen (secondary N) is 1. The van der Waals surface area contributed by atoms with Crippen molar-refractivity contribution >= 4 is 11.6 Å². The molecule has 2 aromatic heterocycles. The number of hydrogen-bond donors (Lipinski definition) is 1. The molecule has 0 saturated heterocycles. The Hall–Kier alpha value is -2.09. The fourth-order valence-corrected chi connectivity index (χ4v) is 2.26. The molecule has 0 aliphatic heterocycles. The van der Waals surface area contributed by atoms with Gasteiger partial charge in [0.2, 0.25) is 0 Å². The maximum Gasteiger partial charge on any atom is 0.417 e. The number of hydrogen-bond acceptors (Lipinski definition) is 3. The van der Waals surface area contributed by atoms with Crippen LogP contribution in [0.5, 0.6) is 0 Å². The number of aromatic nitrogens is 2. The zero-order chi connectivity index (χ0) is 17.0. The first-order valence-corrected chi connectivity index (χ1v) is 7.23. The summed E-state index contributed by atoms with van der Waals surface area (Å²) >= 11 is 0. The highest BCUT2D eigenvalue weighted by Gasteiger charge is 2.31. The molecule has 8 heteroatoms. The van der Waals surface area contributed by atoms with Crippen molar-refractivity contribution in [3.8, 4) is 0 Å². The van der Waals surface area contributed by atoms with Gasteiger partial charge in [0.1, 0.15) is 11.3 Å². The molecule has 0 fully saturated rings. The fraction of sp³-hybridized carbons (Fsp3) is 0.467. The molecule has 2 aromatic rings. The number of aryl methyl sites for hydroxylation is 1. The van der Waals surface area contributed by atoms with Crippen LogP contribution >= 0.6 is 0 Å². The molecular formula is C15H18F3N3O2. The van der Waals surface area contributed by atoms with E-state index in [-0.39, 0.29) is 12.2 Å². The number of nitrogens with zero attached hydrogens (tertiary/aromatic N) is 2. The standard InChI is InChI=1S/C15H18F3N3O2/c1-3-4-11-13(14(22)19-7-8-23-2)21-9-10(15(16,17)18)5-6-12(21)20-11/h5-6,9H,3-4,7-8H2,1-2H3,(H,19,22). The number of methoxy groups -OCH3 is 1. The summed E-state index contributed by atoms with van der Waals surface area (Å²) < 4.78 is 44.8. The van der Waals surface area contributed by atoms with Crippen LogP contribution in [0, 0.1) is 0 Å². The predicted molar refractivity (Wildman–Crippen MR) is 78.4 cm³/mol.